The van der Waals surface area contributed by atoms with Gasteiger partial charge in [-0.1, -0.05) is 6.92 Å². The van der Waals surface area contributed by atoms with E-state index in [1.807, 2.05) is 0 Å². The lowest BCUT2D eigenvalue weighted by Crippen LogP contribution is -2.01. The van der Waals surface area contributed by atoms with Gasteiger partial charge in [0.05, 0.1) is 0 Å². The van der Waals surface area contributed by atoms with Crippen LogP contribution in [0.3, 0.4) is 0 Å². The minimum Gasteiger partial charge on any atom is -0.362 e. The van der Waals surface area contributed by atoms with Crippen LogP contribution < -0.4 is 0 Å². The van der Waals surface area contributed by atoms with E-state index in [1.54, 1.807) is 5.56 Å². The maximum absolute atomic E-state index is 3.64. The molecule has 0 radical (unpaired) electrons. The zero-order valence-corrected chi connectivity index (χ0v) is 8.32. The first kappa shape index (κ1) is 7.66. The Morgan fingerprint density at radius 1 is 1.23 bits per heavy atom. The Bertz CT molecular complexity index is 307. The standard InChI is InChI=1S/C12H17N/c1-12(6-7-12)11-8-9-4-2-3-5-10(9)13-11/h8,13H,2-7H2,1H3. The third-order valence-electron chi connectivity index (χ3n) is 3.76. The third-order valence-corrected chi connectivity index (χ3v) is 3.76. The van der Waals surface area contributed by atoms with Crippen LogP contribution >= 0.6 is 0 Å². The van der Waals surface area contributed by atoms with Crippen molar-refractivity contribution < 1.29 is 0 Å². The number of aromatic amines is 1. The molecule has 70 valence electrons. The van der Waals surface area contributed by atoms with E-state index in [4.69, 9.17) is 0 Å². The Morgan fingerprint density at radius 3 is 2.69 bits per heavy atom. The van der Waals surface area contributed by atoms with Crippen molar-refractivity contribution in [2.24, 2.45) is 0 Å². The predicted octanol–water partition coefficient (Wildman–Crippen LogP) is 2.95. The Morgan fingerprint density at radius 2 is 2.00 bits per heavy atom. The van der Waals surface area contributed by atoms with Crippen LogP contribution in [0.2, 0.25) is 0 Å². The molecule has 0 spiro atoms. The highest BCUT2D eigenvalue weighted by Crippen LogP contribution is 2.47. The highest BCUT2D eigenvalue weighted by molar-refractivity contribution is 5.34. The van der Waals surface area contributed by atoms with Crippen LogP contribution in [0, 0.1) is 0 Å². The van der Waals surface area contributed by atoms with Crippen molar-refractivity contribution >= 4 is 0 Å². The summed E-state index contributed by atoms with van der Waals surface area (Å²) in [6.45, 7) is 2.38. The van der Waals surface area contributed by atoms with Crippen LogP contribution in [0.5, 0.6) is 0 Å². The van der Waals surface area contributed by atoms with Crippen molar-refractivity contribution in [3.8, 4) is 0 Å². The largest absolute Gasteiger partial charge is 0.362 e. The molecule has 0 unspecified atom stereocenters. The molecule has 1 fully saturated rings. The molecular formula is C12H17N. The van der Waals surface area contributed by atoms with E-state index in [9.17, 15) is 0 Å². The Labute approximate surface area is 79.5 Å². The van der Waals surface area contributed by atoms with Gasteiger partial charge in [-0.2, -0.15) is 0 Å². The summed E-state index contributed by atoms with van der Waals surface area (Å²) in [5.41, 5.74) is 5.18. The first-order valence-electron chi connectivity index (χ1n) is 5.49. The Kier molecular flexibility index (Phi) is 1.42. The molecule has 3 rings (SSSR count). The van der Waals surface area contributed by atoms with E-state index in [2.05, 4.69) is 18.0 Å². The minimum absolute atomic E-state index is 0.525. The van der Waals surface area contributed by atoms with Crippen molar-refractivity contribution in [2.75, 3.05) is 0 Å². The van der Waals surface area contributed by atoms with Crippen LogP contribution in [0.25, 0.3) is 0 Å². The fourth-order valence-corrected chi connectivity index (χ4v) is 2.39. The van der Waals surface area contributed by atoms with Gasteiger partial charge in [0.2, 0.25) is 0 Å². The van der Waals surface area contributed by atoms with Crippen LogP contribution in [-0.2, 0) is 18.3 Å². The van der Waals surface area contributed by atoms with Gasteiger partial charge in [0.1, 0.15) is 0 Å². The molecule has 1 N–H and O–H groups in total. The zero-order chi connectivity index (χ0) is 8.89. The number of rotatable bonds is 1. The number of aromatic nitrogens is 1. The Balaban J connectivity index is 2.00. The number of fused-ring (bicyclic) bond motifs is 1. The zero-order valence-electron chi connectivity index (χ0n) is 8.32. The molecule has 1 aromatic rings. The summed E-state index contributed by atoms with van der Waals surface area (Å²) in [4.78, 5) is 3.64. The van der Waals surface area contributed by atoms with Crippen LogP contribution in [-0.4, -0.2) is 4.98 Å². The van der Waals surface area contributed by atoms with Crippen molar-refractivity contribution in [2.45, 2.75) is 50.9 Å². The van der Waals surface area contributed by atoms with Gasteiger partial charge in [-0.15, -0.1) is 0 Å². The van der Waals surface area contributed by atoms with Gasteiger partial charge in [-0.25, -0.2) is 0 Å². The molecular weight excluding hydrogens is 158 g/mol. The average molecular weight is 175 g/mol. The lowest BCUT2D eigenvalue weighted by Gasteiger charge is -2.09. The summed E-state index contributed by atoms with van der Waals surface area (Å²) in [7, 11) is 0. The molecule has 0 atom stereocenters. The molecule has 0 aromatic carbocycles. The average Bonchev–Trinajstić information content (AvgIpc) is 2.76. The van der Waals surface area contributed by atoms with Crippen molar-refractivity contribution in [3.05, 3.63) is 23.0 Å². The second-order valence-corrected chi connectivity index (χ2v) is 4.95. The topological polar surface area (TPSA) is 15.8 Å². The molecule has 1 aromatic heterocycles. The lowest BCUT2D eigenvalue weighted by molar-refractivity contribution is 0.673. The van der Waals surface area contributed by atoms with E-state index in [0.29, 0.717) is 5.41 Å². The molecule has 1 saturated carbocycles. The number of H-pyrrole nitrogens is 1. The number of nitrogens with one attached hydrogen (secondary N) is 1. The molecule has 0 amide bonds. The molecule has 1 heteroatoms. The fraction of sp³-hybridized carbons (Fsp3) is 0.667. The highest BCUT2D eigenvalue weighted by Gasteiger charge is 2.40. The first-order chi connectivity index (χ1) is 6.28. The lowest BCUT2D eigenvalue weighted by atomic mass is 9.97. The van der Waals surface area contributed by atoms with E-state index in [0.717, 1.165) is 0 Å². The van der Waals surface area contributed by atoms with Crippen molar-refractivity contribution in [1.29, 1.82) is 0 Å². The van der Waals surface area contributed by atoms with Gasteiger partial charge in [0.15, 0.2) is 0 Å². The van der Waals surface area contributed by atoms with E-state index in [1.165, 1.54) is 49.9 Å². The summed E-state index contributed by atoms with van der Waals surface area (Å²) >= 11 is 0. The second-order valence-electron chi connectivity index (χ2n) is 4.95. The fourth-order valence-electron chi connectivity index (χ4n) is 2.39. The minimum atomic E-state index is 0.525. The van der Waals surface area contributed by atoms with Gasteiger partial charge >= 0.3 is 0 Å². The summed E-state index contributed by atoms with van der Waals surface area (Å²) in [6, 6.07) is 2.43. The smallest absolute Gasteiger partial charge is 0.0212 e. The quantitative estimate of drug-likeness (QED) is 0.675. The molecule has 0 bridgehead atoms. The molecule has 0 saturated heterocycles. The van der Waals surface area contributed by atoms with Crippen molar-refractivity contribution in [1.82, 2.24) is 4.98 Å². The summed E-state index contributed by atoms with van der Waals surface area (Å²) < 4.78 is 0. The normalized spacial score (nSPS) is 24.1. The van der Waals surface area contributed by atoms with E-state index in [-0.39, 0.29) is 0 Å². The van der Waals surface area contributed by atoms with Gasteiger partial charge in [-0.05, 0) is 50.2 Å². The molecule has 0 aliphatic heterocycles. The molecule has 13 heavy (non-hydrogen) atoms. The van der Waals surface area contributed by atoms with Gasteiger partial charge in [-0.3, -0.25) is 0 Å². The molecule has 1 heterocycles. The van der Waals surface area contributed by atoms with Crippen molar-refractivity contribution in [3.63, 3.8) is 0 Å². The summed E-state index contributed by atoms with van der Waals surface area (Å²) in [5, 5.41) is 0. The highest BCUT2D eigenvalue weighted by atomic mass is 14.8. The Hall–Kier alpha value is -0.720. The maximum atomic E-state index is 3.64. The summed E-state index contributed by atoms with van der Waals surface area (Å²) in [6.07, 6.45) is 8.12. The molecule has 2 aliphatic carbocycles. The van der Waals surface area contributed by atoms with Crippen LogP contribution in [0.1, 0.15) is 49.6 Å². The van der Waals surface area contributed by atoms with Crippen LogP contribution in [0.15, 0.2) is 6.07 Å². The second kappa shape index (κ2) is 2.40. The predicted molar refractivity (Wildman–Crippen MR) is 54.0 cm³/mol. The van der Waals surface area contributed by atoms with E-state index >= 15 is 0 Å². The summed E-state index contributed by atoms with van der Waals surface area (Å²) in [5.74, 6) is 0. The molecule has 2 aliphatic rings. The number of aryl methyl sites for hydroxylation is 2. The monoisotopic (exact) mass is 175 g/mol. The SMILES string of the molecule is CC1(c2cc3c([nH]2)CCCC3)CC1. The third kappa shape index (κ3) is 1.13. The first-order valence-corrected chi connectivity index (χ1v) is 5.49. The van der Waals surface area contributed by atoms with Crippen LogP contribution in [0.4, 0.5) is 0 Å². The molecule has 1 nitrogen and oxygen atoms in total. The van der Waals surface area contributed by atoms with Gasteiger partial charge in [0.25, 0.3) is 0 Å². The maximum Gasteiger partial charge on any atom is 0.0212 e. The number of hydrogen-bond acceptors (Lipinski definition) is 0. The van der Waals surface area contributed by atoms with Gasteiger partial charge < -0.3 is 4.98 Å². The number of hydrogen-bond donors (Lipinski definition) is 1. The van der Waals surface area contributed by atoms with E-state index < -0.39 is 0 Å². The van der Waals surface area contributed by atoms with Gasteiger partial charge in [0, 0.05) is 16.8 Å².